The van der Waals surface area contributed by atoms with Crippen LogP contribution in [-0.2, 0) is 9.53 Å². The van der Waals surface area contributed by atoms with E-state index < -0.39 is 0 Å². The Morgan fingerprint density at radius 2 is 2.14 bits per heavy atom. The molecule has 1 aromatic rings. The Morgan fingerprint density at radius 3 is 2.68 bits per heavy atom. The molecule has 0 atom stereocenters. The van der Waals surface area contributed by atoms with Crippen molar-refractivity contribution in [3.63, 3.8) is 0 Å². The van der Waals surface area contributed by atoms with Crippen molar-refractivity contribution in [2.24, 2.45) is 5.92 Å². The van der Waals surface area contributed by atoms with Gasteiger partial charge in [0.05, 0.1) is 17.2 Å². The fraction of sp³-hybridized carbons (Fsp3) is 0.562. The molecule has 6 heteroatoms. The normalized spacial score (nSPS) is 13.7. The molecule has 1 fully saturated rings. The second-order valence-corrected chi connectivity index (χ2v) is 6.54. The molecule has 1 amide bonds. The molecule has 1 saturated carbocycles. The summed E-state index contributed by atoms with van der Waals surface area (Å²) in [4.78, 5) is 30.1. The average molecular weight is 322 g/mol. The molecule has 22 heavy (non-hydrogen) atoms. The number of nitrogens with zero attached hydrogens (tertiary/aromatic N) is 2. The Balaban J connectivity index is 2.04. The molecule has 5 nitrogen and oxygen atoms in total. The molecule has 1 heterocycles. The first-order chi connectivity index (χ1) is 10.6. The van der Waals surface area contributed by atoms with Crippen LogP contribution in [0.15, 0.2) is 23.4 Å². The van der Waals surface area contributed by atoms with Crippen LogP contribution in [0.1, 0.15) is 37.0 Å². The molecule has 0 aliphatic heterocycles. The predicted octanol–water partition coefficient (Wildman–Crippen LogP) is 2.61. The molecule has 1 aliphatic carbocycles. The molecule has 1 aliphatic rings. The summed E-state index contributed by atoms with van der Waals surface area (Å²) in [5.41, 5.74) is 0.519. The van der Waals surface area contributed by atoms with Gasteiger partial charge in [-0.3, -0.25) is 9.59 Å². The SMILES string of the molecule is CCOC(=O)CN(CC1CC1)C(=O)c1ccc(SCC)nc1. The van der Waals surface area contributed by atoms with Gasteiger partial charge in [-0.2, -0.15) is 0 Å². The zero-order valence-electron chi connectivity index (χ0n) is 13.1. The second-order valence-electron chi connectivity index (χ2n) is 5.25. The third-order valence-corrected chi connectivity index (χ3v) is 4.19. The molecule has 0 radical (unpaired) electrons. The van der Waals surface area contributed by atoms with Crippen molar-refractivity contribution in [1.82, 2.24) is 9.88 Å². The Morgan fingerprint density at radius 1 is 1.36 bits per heavy atom. The van der Waals surface area contributed by atoms with Crippen LogP contribution in [0.4, 0.5) is 0 Å². The van der Waals surface area contributed by atoms with Crippen molar-refractivity contribution in [3.05, 3.63) is 23.9 Å². The van der Waals surface area contributed by atoms with E-state index >= 15 is 0 Å². The minimum absolute atomic E-state index is 0.00857. The van der Waals surface area contributed by atoms with Crippen LogP contribution in [0.3, 0.4) is 0 Å². The third-order valence-electron chi connectivity index (χ3n) is 3.36. The largest absolute Gasteiger partial charge is 0.465 e. The lowest BCUT2D eigenvalue weighted by Gasteiger charge is -2.21. The summed E-state index contributed by atoms with van der Waals surface area (Å²) in [6, 6.07) is 3.62. The number of thioether (sulfide) groups is 1. The van der Waals surface area contributed by atoms with Crippen molar-refractivity contribution in [1.29, 1.82) is 0 Å². The molecule has 1 aromatic heterocycles. The number of hydrogen-bond acceptors (Lipinski definition) is 5. The van der Waals surface area contributed by atoms with Crippen LogP contribution < -0.4 is 0 Å². The number of rotatable bonds is 8. The highest BCUT2D eigenvalue weighted by molar-refractivity contribution is 7.99. The van der Waals surface area contributed by atoms with Gasteiger partial charge in [-0.25, -0.2) is 4.98 Å². The number of carbonyl (C=O) groups is 2. The Bertz CT molecular complexity index is 515. The maximum atomic E-state index is 12.6. The Hall–Kier alpha value is -1.56. The van der Waals surface area contributed by atoms with Gasteiger partial charge in [0.25, 0.3) is 5.91 Å². The maximum Gasteiger partial charge on any atom is 0.325 e. The highest BCUT2D eigenvalue weighted by Crippen LogP contribution is 2.30. The maximum absolute atomic E-state index is 12.6. The minimum atomic E-state index is -0.359. The summed E-state index contributed by atoms with van der Waals surface area (Å²) in [5, 5.41) is 0.901. The molecule has 0 spiro atoms. The van der Waals surface area contributed by atoms with E-state index in [1.165, 1.54) is 0 Å². The summed E-state index contributed by atoms with van der Waals surface area (Å²) < 4.78 is 4.96. The molecule has 0 N–H and O–H groups in total. The smallest absolute Gasteiger partial charge is 0.325 e. The molecule has 2 rings (SSSR count). The van der Waals surface area contributed by atoms with E-state index in [2.05, 4.69) is 11.9 Å². The predicted molar refractivity (Wildman–Crippen MR) is 85.9 cm³/mol. The lowest BCUT2D eigenvalue weighted by Crippen LogP contribution is -2.38. The van der Waals surface area contributed by atoms with Crippen molar-refractivity contribution in [2.75, 3.05) is 25.4 Å². The molecule has 0 aromatic carbocycles. The van der Waals surface area contributed by atoms with E-state index in [4.69, 9.17) is 4.74 Å². The fourth-order valence-electron chi connectivity index (χ4n) is 2.12. The highest BCUT2D eigenvalue weighted by Gasteiger charge is 2.29. The number of carbonyl (C=O) groups excluding carboxylic acids is 2. The zero-order chi connectivity index (χ0) is 15.9. The van der Waals surface area contributed by atoms with Crippen LogP contribution in [0, 0.1) is 5.92 Å². The van der Waals surface area contributed by atoms with Crippen LogP contribution in [0.5, 0.6) is 0 Å². The summed E-state index contributed by atoms with van der Waals surface area (Å²) >= 11 is 1.63. The van der Waals surface area contributed by atoms with E-state index in [-0.39, 0.29) is 18.4 Å². The lowest BCUT2D eigenvalue weighted by atomic mass is 10.2. The number of ether oxygens (including phenoxy) is 1. The molecule has 120 valence electrons. The molecular weight excluding hydrogens is 300 g/mol. The minimum Gasteiger partial charge on any atom is -0.465 e. The van der Waals surface area contributed by atoms with Crippen LogP contribution >= 0.6 is 11.8 Å². The number of esters is 1. The number of aromatic nitrogens is 1. The van der Waals surface area contributed by atoms with E-state index in [1.807, 2.05) is 6.07 Å². The van der Waals surface area contributed by atoms with E-state index in [1.54, 1.807) is 35.8 Å². The van der Waals surface area contributed by atoms with Crippen molar-refractivity contribution in [2.45, 2.75) is 31.7 Å². The number of pyridine rings is 1. The first kappa shape index (κ1) is 16.8. The number of hydrogen-bond donors (Lipinski definition) is 0. The molecular formula is C16H22N2O3S. The summed E-state index contributed by atoms with van der Waals surface area (Å²) in [6.45, 7) is 4.77. The zero-order valence-corrected chi connectivity index (χ0v) is 13.9. The monoisotopic (exact) mass is 322 g/mol. The first-order valence-electron chi connectivity index (χ1n) is 7.67. The van der Waals surface area contributed by atoms with Gasteiger partial charge in [0.15, 0.2) is 0 Å². The quantitative estimate of drug-likeness (QED) is 0.544. The first-order valence-corrected chi connectivity index (χ1v) is 8.66. The van der Waals surface area contributed by atoms with Crippen molar-refractivity contribution < 1.29 is 14.3 Å². The highest BCUT2D eigenvalue weighted by atomic mass is 32.2. The van der Waals surface area contributed by atoms with Gasteiger partial charge < -0.3 is 9.64 Å². The van der Waals surface area contributed by atoms with Crippen LogP contribution in [-0.4, -0.2) is 47.2 Å². The molecule has 0 unspecified atom stereocenters. The van der Waals surface area contributed by atoms with E-state index in [9.17, 15) is 9.59 Å². The van der Waals surface area contributed by atoms with Gasteiger partial charge in [-0.1, -0.05) is 6.92 Å². The van der Waals surface area contributed by atoms with Crippen LogP contribution in [0.25, 0.3) is 0 Å². The third kappa shape index (κ3) is 5.02. The summed E-state index contributed by atoms with van der Waals surface area (Å²) in [6.07, 6.45) is 3.83. The van der Waals surface area contributed by atoms with Gasteiger partial charge >= 0.3 is 5.97 Å². The van der Waals surface area contributed by atoms with E-state index in [0.717, 1.165) is 23.6 Å². The summed E-state index contributed by atoms with van der Waals surface area (Å²) in [7, 11) is 0. The number of amides is 1. The molecule has 0 saturated heterocycles. The van der Waals surface area contributed by atoms with Gasteiger partial charge in [0.2, 0.25) is 0 Å². The topological polar surface area (TPSA) is 59.5 Å². The second kappa shape index (κ2) is 8.17. The Labute approximate surface area is 135 Å². The Kier molecular flexibility index (Phi) is 6.24. The fourth-order valence-corrected chi connectivity index (χ4v) is 2.70. The van der Waals surface area contributed by atoms with Gasteiger partial charge in [-0.05, 0) is 43.6 Å². The van der Waals surface area contributed by atoms with Crippen molar-refractivity contribution >= 4 is 23.6 Å². The van der Waals surface area contributed by atoms with Crippen molar-refractivity contribution in [3.8, 4) is 0 Å². The van der Waals surface area contributed by atoms with E-state index in [0.29, 0.717) is 24.6 Å². The standard InChI is InChI=1S/C16H22N2O3S/c1-3-21-15(19)11-18(10-12-5-6-12)16(20)13-7-8-14(17-9-13)22-4-2/h7-9,12H,3-6,10-11H2,1-2H3. The average Bonchev–Trinajstić information content (AvgIpc) is 3.31. The van der Waals surface area contributed by atoms with Crippen LogP contribution in [0.2, 0.25) is 0 Å². The van der Waals surface area contributed by atoms with Gasteiger partial charge in [0, 0.05) is 12.7 Å². The lowest BCUT2D eigenvalue weighted by molar-refractivity contribution is -0.143. The van der Waals surface area contributed by atoms with Gasteiger partial charge in [0.1, 0.15) is 6.54 Å². The van der Waals surface area contributed by atoms with Gasteiger partial charge in [-0.15, -0.1) is 11.8 Å². The molecule has 0 bridgehead atoms. The summed E-state index contributed by atoms with van der Waals surface area (Å²) in [5.74, 6) is 0.945.